The molecule has 0 aliphatic carbocycles. The van der Waals surface area contributed by atoms with Gasteiger partial charge in [-0.05, 0) is 48.6 Å². The third-order valence-corrected chi connectivity index (χ3v) is 5.75. The quantitative estimate of drug-likeness (QED) is 0.429. The highest BCUT2D eigenvalue weighted by Crippen LogP contribution is 2.22. The molecule has 1 aromatic carbocycles. The largest absolute Gasteiger partial charge is 0.497 e. The smallest absolute Gasteiger partial charge is 0.199 e. The third kappa shape index (κ3) is 4.29. The lowest BCUT2D eigenvalue weighted by atomic mass is 10.2. The lowest BCUT2D eigenvalue weighted by Gasteiger charge is -2.35. The maximum Gasteiger partial charge on any atom is 0.199 e. The number of hydrogen-bond acceptors (Lipinski definition) is 6. The summed E-state index contributed by atoms with van der Waals surface area (Å²) in [5.41, 5.74) is 2.23. The first kappa shape index (κ1) is 20.3. The van der Waals surface area contributed by atoms with Gasteiger partial charge < -0.3 is 9.64 Å². The minimum atomic E-state index is 0.621. The molecule has 0 atom stereocenters. The highest BCUT2D eigenvalue weighted by molar-refractivity contribution is 7.71. The molecule has 8 heteroatoms. The number of ether oxygens (including phenoxy) is 1. The highest BCUT2D eigenvalue weighted by Gasteiger charge is 2.19. The summed E-state index contributed by atoms with van der Waals surface area (Å²) in [4.78, 5) is 8.88. The summed E-state index contributed by atoms with van der Waals surface area (Å²) >= 11 is 5.74. The van der Waals surface area contributed by atoms with Crippen molar-refractivity contribution >= 4 is 17.9 Å². The first-order valence-electron chi connectivity index (χ1n) is 10.00. The van der Waals surface area contributed by atoms with Gasteiger partial charge in [-0.3, -0.25) is 14.5 Å². The van der Waals surface area contributed by atoms with Crippen LogP contribution < -0.4 is 9.64 Å². The maximum absolute atomic E-state index is 5.74. The predicted molar refractivity (Wildman–Crippen MR) is 121 cm³/mol. The molecule has 1 aliphatic heterocycles. The molecule has 1 aliphatic rings. The Morgan fingerprint density at radius 3 is 2.40 bits per heavy atom. The zero-order valence-corrected chi connectivity index (χ0v) is 18.0. The summed E-state index contributed by atoms with van der Waals surface area (Å²) in [6.45, 7) is 9.02. The molecule has 1 fully saturated rings. The van der Waals surface area contributed by atoms with Crippen molar-refractivity contribution in [2.75, 3.05) is 38.2 Å². The second-order valence-corrected chi connectivity index (χ2v) is 7.55. The Kier molecular flexibility index (Phi) is 6.25. The second-order valence-electron chi connectivity index (χ2n) is 7.19. The van der Waals surface area contributed by atoms with Gasteiger partial charge in [-0.15, -0.1) is 6.58 Å². The zero-order valence-electron chi connectivity index (χ0n) is 17.1. The maximum atomic E-state index is 5.74. The number of rotatable bonds is 7. The van der Waals surface area contributed by atoms with Crippen LogP contribution in [0.3, 0.4) is 0 Å². The van der Waals surface area contributed by atoms with Gasteiger partial charge in [-0.25, -0.2) is 4.68 Å². The van der Waals surface area contributed by atoms with Gasteiger partial charge in [0.1, 0.15) is 5.75 Å². The molecule has 30 heavy (non-hydrogen) atoms. The van der Waals surface area contributed by atoms with Crippen LogP contribution in [0, 0.1) is 4.77 Å². The number of aromatic nitrogens is 4. The molecule has 0 bridgehead atoms. The van der Waals surface area contributed by atoms with Crippen LogP contribution in [-0.4, -0.2) is 57.5 Å². The minimum absolute atomic E-state index is 0.621. The topological polar surface area (TPSA) is 51.4 Å². The molecule has 3 aromatic rings. The van der Waals surface area contributed by atoms with E-state index in [9.17, 15) is 0 Å². The van der Waals surface area contributed by atoms with Crippen molar-refractivity contribution in [2.24, 2.45) is 0 Å². The van der Waals surface area contributed by atoms with Crippen molar-refractivity contribution in [1.82, 2.24) is 24.2 Å². The van der Waals surface area contributed by atoms with Gasteiger partial charge in [0.25, 0.3) is 0 Å². The number of nitrogens with zero attached hydrogens (tertiary/aromatic N) is 6. The monoisotopic (exact) mass is 422 g/mol. The molecule has 0 radical (unpaired) electrons. The third-order valence-electron chi connectivity index (χ3n) is 5.32. The number of hydrogen-bond donors (Lipinski definition) is 0. The molecule has 3 heterocycles. The van der Waals surface area contributed by atoms with Crippen molar-refractivity contribution in [2.45, 2.75) is 13.2 Å². The van der Waals surface area contributed by atoms with Crippen molar-refractivity contribution in [1.29, 1.82) is 0 Å². The minimum Gasteiger partial charge on any atom is -0.497 e. The van der Waals surface area contributed by atoms with E-state index >= 15 is 0 Å². The molecule has 7 nitrogen and oxygen atoms in total. The predicted octanol–water partition coefficient (Wildman–Crippen LogP) is 3.45. The van der Waals surface area contributed by atoms with E-state index in [2.05, 4.69) is 33.5 Å². The fourth-order valence-electron chi connectivity index (χ4n) is 3.67. The number of benzene rings is 1. The first-order chi connectivity index (χ1) is 14.7. The van der Waals surface area contributed by atoms with Crippen LogP contribution in [-0.2, 0) is 13.2 Å². The second kappa shape index (κ2) is 9.23. The van der Waals surface area contributed by atoms with Crippen molar-refractivity contribution < 1.29 is 4.74 Å². The van der Waals surface area contributed by atoms with E-state index in [-0.39, 0.29) is 0 Å². The van der Waals surface area contributed by atoms with Gasteiger partial charge >= 0.3 is 0 Å². The fourth-order valence-corrected chi connectivity index (χ4v) is 3.93. The normalized spacial score (nSPS) is 14.6. The van der Waals surface area contributed by atoms with Gasteiger partial charge in [-0.1, -0.05) is 6.08 Å². The van der Waals surface area contributed by atoms with E-state index in [0.29, 0.717) is 18.0 Å². The van der Waals surface area contributed by atoms with Crippen molar-refractivity contribution in [3.05, 3.63) is 66.2 Å². The molecule has 1 saturated heterocycles. The molecule has 0 saturated carbocycles. The lowest BCUT2D eigenvalue weighted by Crippen LogP contribution is -2.47. The lowest BCUT2D eigenvalue weighted by molar-refractivity contribution is 0.194. The summed E-state index contributed by atoms with van der Waals surface area (Å²) in [5.74, 6) is 1.66. The summed E-state index contributed by atoms with van der Waals surface area (Å²) in [6, 6.07) is 12.0. The van der Waals surface area contributed by atoms with Crippen LogP contribution >= 0.6 is 12.2 Å². The summed E-state index contributed by atoms with van der Waals surface area (Å²) in [5, 5.41) is 4.85. The number of allylic oxidation sites excluding steroid dienone is 1. The molecule has 156 valence electrons. The number of methoxy groups -OCH3 is 1. The zero-order chi connectivity index (χ0) is 20.9. The Morgan fingerprint density at radius 2 is 1.77 bits per heavy atom. The summed E-state index contributed by atoms with van der Waals surface area (Å²) < 4.78 is 9.92. The Balaban J connectivity index is 1.50. The van der Waals surface area contributed by atoms with E-state index in [1.807, 2.05) is 52.0 Å². The van der Waals surface area contributed by atoms with E-state index in [1.54, 1.807) is 7.11 Å². The molecular weight excluding hydrogens is 396 g/mol. The summed E-state index contributed by atoms with van der Waals surface area (Å²) in [6.07, 6.45) is 5.53. The first-order valence-corrected chi connectivity index (χ1v) is 10.4. The number of anilines is 1. The van der Waals surface area contributed by atoms with Crippen LogP contribution in [0.5, 0.6) is 5.75 Å². The van der Waals surface area contributed by atoms with Crippen LogP contribution in [0.1, 0.15) is 0 Å². The average Bonchev–Trinajstić information content (AvgIpc) is 3.10. The Hall–Kier alpha value is -2.97. The number of piperazine rings is 1. The molecule has 0 amide bonds. The van der Waals surface area contributed by atoms with Gasteiger partial charge in [0.05, 0.1) is 13.8 Å². The molecule has 0 unspecified atom stereocenters. The summed E-state index contributed by atoms with van der Waals surface area (Å²) in [7, 11) is 1.66. The van der Waals surface area contributed by atoms with Crippen LogP contribution in [0.2, 0.25) is 0 Å². The molecular formula is C22H26N6OS. The highest BCUT2D eigenvalue weighted by atomic mass is 32.1. The Labute approximate surface area is 181 Å². The fraction of sp³-hybridized carbons (Fsp3) is 0.318. The van der Waals surface area contributed by atoms with E-state index < -0.39 is 0 Å². The van der Waals surface area contributed by atoms with Gasteiger partial charge in [0.2, 0.25) is 0 Å². The molecule has 0 spiro atoms. The van der Waals surface area contributed by atoms with Crippen LogP contribution in [0.4, 0.5) is 5.69 Å². The van der Waals surface area contributed by atoms with Gasteiger partial charge in [0.15, 0.2) is 10.6 Å². The van der Waals surface area contributed by atoms with Crippen LogP contribution in [0.15, 0.2) is 61.4 Å². The number of pyridine rings is 1. The van der Waals surface area contributed by atoms with Crippen molar-refractivity contribution in [3.8, 4) is 17.1 Å². The average molecular weight is 423 g/mol. The van der Waals surface area contributed by atoms with E-state index in [0.717, 1.165) is 43.3 Å². The standard InChI is InChI=1S/C22H26N6OS/c1-3-12-27-21(18-4-6-20(29-2)7-5-18)24-28(22(27)30)17-25-13-15-26(16-14-25)19-8-10-23-11-9-19/h3-11H,1,12-17H2,2H3. The molecule has 0 N–H and O–H groups in total. The molecule has 4 rings (SSSR count). The Bertz CT molecular complexity index is 1040. The van der Waals surface area contributed by atoms with E-state index in [1.165, 1.54) is 5.69 Å². The van der Waals surface area contributed by atoms with Gasteiger partial charge in [0, 0.05) is 56.4 Å². The Morgan fingerprint density at radius 1 is 1.07 bits per heavy atom. The van der Waals surface area contributed by atoms with Crippen molar-refractivity contribution in [3.63, 3.8) is 0 Å². The van der Waals surface area contributed by atoms with Gasteiger partial charge in [-0.2, -0.15) is 5.10 Å². The van der Waals surface area contributed by atoms with E-state index in [4.69, 9.17) is 22.1 Å². The molecule has 2 aromatic heterocycles. The van der Waals surface area contributed by atoms with Crippen LogP contribution in [0.25, 0.3) is 11.4 Å². The SMILES string of the molecule is C=CCn1c(-c2ccc(OC)cc2)nn(CN2CCN(c3ccncc3)CC2)c1=S.